The molecular formula is C14H23ClN2O3S. The molecule has 0 saturated carbocycles. The Labute approximate surface area is 132 Å². The standard InChI is InChI=1S/C14H22N2O3S.ClH/c1-3-19-13-4-6-14(7-5-13)20(17,18)16-9-8-12(10-16)11(2)15;/h4-7,11-12H,3,8-10,15H2,1-2H3;1H. The maximum atomic E-state index is 12.5. The van der Waals surface area contributed by atoms with Crippen LogP contribution in [0.5, 0.6) is 5.75 Å². The van der Waals surface area contributed by atoms with Crippen molar-refractivity contribution < 1.29 is 13.2 Å². The van der Waals surface area contributed by atoms with Crippen LogP contribution >= 0.6 is 12.4 Å². The molecule has 2 unspecified atom stereocenters. The Hall–Kier alpha value is -0.820. The highest BCUT2D eigenvalue weighted by Gasteiger charge is 2.33. The second-order valence-electron chi connectivity index (χ2n) is 5.18. The van der Waals surface area contributed by atoms with E-state index in [0.29, 0.717) is 30.3 Å². The van der Waals surface area contributed by atoms with Crippen LogP contribution in [0.1, 0.15) is 20.3 Å². The van der Waals surface area contributed by atoms with Crippen molar-refractivity contribution in [2.75, 3.05) is 19.7 Å². The fourth-order valence-corrected chi connectivity index (χ4v) is 3.94. The fraction of sp³-hybridized carbons (Fsp3) is 0.571. The van der Waals surface area contributed by atoms with Crippen molar-refractivity contribution in [2.45, 2.75) is 31.2 Å². The number of hydrogen-bond acceptors (Lipinski definition) is 4. The molecule has 0 amide bonds. The summed E-state index contributed by atoms with van der Waals surface area (Å²) in [4.78, 5) is 0.311. The second kappa shape index (κ2) is 7.45. The summed E-state index contributed by atoms with van der Waals surface area (Å²) in [5.74, 6) is 0.925. The van der Waals surface area contributed by atoms with Gasteiger partial charge in [0.1, 0.15) is 5.75 Å². The molecule has 0 aliphatic carbocycles. The van der Waals surface area contributed by atoms with Gasteiger partial charge in [0.15, 0.2) is 0 Å². The average Bonchev–Trinajstić information content (AvgIpc) is 2.90. The zero-order chi connectivity index (χ0) is 14.8. The lowest BCUT2D eigenvalue weighted by Gasteiger charge is -2.18. The van der Waals surface area contributed by atoms with Gasteiger partial charge in [0.05, 0.1) is 11.5 Å². The molecule has 1 heterocycles. The minimum Gasteiger partial charge on any atom is -0.494 e. The normalized spacial score (nSPS) is 20.8. The third-order valence-corrected chi connectivity index (χ3v) is 5.58. The molecule has 2 rings (SSSR count). The molecule has 0 bridgehead atoms. The van der Waals surface area contributed by atoms with Crippen molar-refractivity contribution in [2.24, 2.45) is 11.7 Å². The van der Waals surface area contributed by atoms with Gasteiger partial charge in [0.2, 0.25) is 10.0 Å². The topological polar surface area (TPSA) is 72.6 Å². The molecule has 0 radical (unpaired) electrons. The number of hydrogen-bond donors (Lipinski definition) is 1. The summed E-state index contributed by atoms with van der Waals surface area (Å²) in [5.41, 5.74) is 5.86. The molecule has 1 aromatic carbocycles. The molecule has 1 fully saturated rings. The third kappa shape index (κ3) is 4.10. The van der Waals surface area contributed by atoms with E-state index in [0.717, 1.165) is 6.42 Å². The lowest BCUT2D eigenvalue weighted by Crippen LogP contribution is -2.33. The number of nitrogens with two attached hydrogens (primary N) is 1. The molecule has 7 heteroatoms. The first-order valence-corrected chi connectivity index (χ1v) is 8.37. The smallest absolute Gasteiger partial charge is 0.243 e. The van der Waals surface area contributed by atoms with Crippen molar-refractivity contribution in [1.82, 2.24) is 4.31 Å². The summed E-state index contributed by atoms with van der Waals surface area (Å²) in [6.45, 7) is 5.43. The van der Waals surface area contributed by atoms with Crippen molar-refractivity contribution in [1.29, 1.82) is 0 Å². The van der Waals surface area contributed by atoms with Gasteiger partial charge >= 0.3 is 0 Å². The minimum atomic E-state index is -3.41. The van der Waals surface area contributed by atoms with Crippen LogP contribution in [-0.2, 0) is 10.0 Å². The van der Waals surface area contributed by atoms with Crippen LogP contribution in [-0.4, -0.2) is 38.5 Å². The third-order valence-electron chi connectivity index (χ3n) is 3.70. The summed E-state index contributed by atoms with van der Waals surface area (Å²) < 4.78 is 31.9. The molecule has 1 aliphatic rings. The number of ether oxygens (including phenoxy) is 1. The maximum absolute atomic E-state index is 12.5. The van der Waals surface area contributed by atoms with Gasteiger partial charge in [0.25, 0.3) is 0 Å². The molecule has 120 valence electrons. The van der Waals surface area contributed by atoms with Crippen LogP contribution in [0, 0.1) is 5.92 Å². The van der Waals surface area contributed by atoms with Crippen LogP contribution in [0.15, 0.2) is 29.2 Å². The first-order valence-electron chi connectivity index (χ1n) is 6.93. The summed E-state index contributed by atoms with van der Waals surface area (Å²) in [6.07, 6.45) is 0.827. The molecule has 21 heavy (non-hydrogen) atoms. The first-order chi connectivity index (χ1) is 9.45. The molecule has 5 nitrogen and oxygen atoms in total. The van der Waals surface area contributed by atoms with Gasteiger partial charge in [-0.25, -0.2) is 8.42 Å². The van der Waals surface area contributed by atoms with Gasteiger partial charge in [-0.2, -0.15) is 4.31 Å². The number of nitrogens with zero attached hydrogens (tertiary/aromatic N) is 1. The molecule has 1 aromatic rings. The Kier molecular flexibility index (Phi) is 6.46. The Balaban J connectivity index is 0.00000220. The van der Waals surface area contributed by atoms with E-state index in [9.17, 15) is 8.42 Å². The molecule has 2 atom stereocenters. The fourth-order valence-electron chi connectivity index (χ4n) is 2.42. The van der Waals surface area contributed by atoms with Crippen LogP contribution < -0.4 is 10.5 Å². The largest absolute Gasteiger partial charge is 0.494 e. The summed E-state index contributed by atoms with van der Waals surface area (Å²) >= 11 is 0. The Morgan fingerprint density at radius 1 is 1.38 bits per heavy atom. The Morgan fingerprint density at radius 2 is 2.00 bits per heavy atom. The van der Waals surface area contributed by atoms with Gasteiger partial charge in [0, 0.05) is 19.1 Å². The first kappa shape index (κ1) is 18.2. The van der Waals surface area contributed by atoms with E-state index in [2.05, 4.69) is 0 Å². The highest BCUT2D eigenvalue weighted by molar-refractivity contribution is 7.89. The van der Waals surface area contributed by atoms with Gasteiger partial charge in [-0.1, -0.05) is 0 Å². The monoisotopic (exact) mass is 334 g/mol. The van der Waals surface area contributed by atoms with Gasteiger partial charge in [-0.15, -0.1) is 12.4 Å². The minimum absolute atomic E-state index is 0. The van der Waals surface area contributed by atoms with Crippen LogP contribution in [0.25, 0.3) is 0 Å². The zero-order valence-electron chi connectivity index (χ0n) is 12.4. The van der Waals surface area contributed by atoms with E-state index >= 15 is 0 Å². The van der Waals surface area contributed by atoms with Gasteiger partial charge in [-0.05, 0) is 50.5 Å². The van der Waals surface area contributed by atoms with Crippen molar-refractivity contribution >= 4 is 22.4 Å². The SMILES string of the molecule is CCOc1ccc(S(=O)(=O)N2CCC(C(C)N)C2)cc1.Cl. The lowest BCUT2D eigenvalue weighted by molar-refractivity contribution is 0.340. The van der Waals surface area contributed by atoms with E-state index in [4.69, 9.17) is 10.5 Å². The molecule has 0 spiro atoms. The van der Waals surface area contributed by atoms with Crippen LogP contribution in [0.3, 0.4) is 0 Å². The molecule has 2 N–H and O–H groups in total. The van der Waals surface area contributed by atoms with E-state index in [1.54, 1.807) is 24.3 Å². The van der Waals surface area contributed by atoms with E-state index < -0.39 is 10.0 Å². The Morgan fingerprint density at radius 3 is 2.48 bits per heavy atom. The average molecular weight is 335 g/mol. The van der Waals surface area contributed by atoms with E-state index in [1.807, 2.05) is 13.8 Å². The van der Waals surface area contributed by atoms with Crippen molar-refractivity contribution in [3.8, 4) is 5.75 Å². The van der Waals surface area contributed by atoms with Crippen LogP contribution in [0.2, 0.25) is 0 Å². The zero-order valence-corrected chi connectivity index (χ0v) is 14.0. The van der Waals surface area contributed by atoms with Crippen molar-refractivity contribution in [3.63, 3.8) is 0 Å². The molecular weight excluding hydrogens is 312 g/mol. The second-order valence-corrected chi connectivity index (χ2v) is 7.11. The van der Waals surface area contributed by atoms with Crippen LogP contribution in [0.4, 0.5) is 0 Å². The molecule has 0 aromatic heterocycles. The summed E-state index contributed by atoms with van der Waals surface area (Å²) in [5, 5.41) is 0. The van der Waals surface area contributed by atoms with E-state index in [-0.39, 0.29) is 24.4 Å². The number of halogens is 1. The summed E-state index contributed by atoms with van der Waals surface area (Å²) in [6, 6.07) is 6.60. The number of benzene rings is 1. The Bertz CT molecular complexity index is 546. The van der Waals surface area contributed by atoms with E-state index in [1.165, 1.54) is 4.31 Å². The lowest BCUT2D eigenvalue weighted by atomic mass is 10.0. The van der Waals surface area contributed by atoms with Gasteiger partial charge in [-0.3, -0.25) is 0 Å². The predicted octanol–water partition coefficient (Wildman–Crippen LogP) is 1.86. The molecule has 1 aliphatic heterocycles. The number of rotatable bonds is 5. The number of sulfonamides is 1. The quantitative estimate of drug-likeness (QED) is 0.892. The van der Waals surface area contributed by atoms with Gasteiger partial charge < -0.3 is 10.5 Å². The van der Waals surface area contributed by atoms with Crippen molar-refractivity contribution in [3.05, 3.63) is 24.3 Å². The maximum Gasteiger partial charge on any atom is 0.243 e. The summed E-state index contributed by atoms with van der Waals surface area (Å²) in [7, 11) is -3.41. The highest BCUT2D eigenvalue weighted by atomic mass is 35.5. The molecule has 1 saturated heterocycles. The highest BCUT2D eigenvalue weighted by Crippen LogP contribution is 2.26. The predicted molar refractivity (Wildman–Crippen MR) is 85.4 cm³/mol.